The molecule has 0 heterocycles. The van der Waals surface area contributed by atoms with Crippen LogP contribution in [-0.4, -0.2) is 12.1 Å². The van der Waals surface area contributed by atoms with Gasteiger partial charge in [-0.3, -0.25) is 0 Å². The first kappa shape index (κ1) is 11.6. The molecule has 0 aromatic heterocycles. The molecule has 1 rings (SSSR count). The molecule has 4 heteroatoms. The van der Waals surface area contributed by atoms with Crippen molar-refractivity contribution in [3.05, 3.63) is 35.9 Å². The summed E-state index contributed by atoms with van der Waals surface area (Å²) in [6.45, 7) is 3.05. The van der Waals surface area contributed by atoms with Gasteiger partial charge in [-0.1, -0.05) is 30.3 Å². The smallest absolute Gasteiger partial charge is 0.382 e. The van der Waals surface area contributed by atoms with E-state index in [1.807, 2.05) is 0 Å². The number of halogens is 2. The molecule has 0 bridgehead atoms. The summed E-state index contributed by atoms with van der Waals surface area (Å²) in [7, 11) is 0. The maximum atomic E-state index is 13.4. The number of carbonyl (C=O) groups is 1. The van der Waals surface area contributed by atoms with E-state index in [1.54, 1.807) is 6.07 Å². The summed E-state index contributed by atoms with van der Waals surface area (Å²) >= 11 is 0. The highest BCUT2D eigenvalue weighted by Gasteiger charge is 2.42. The van der Waals surface area contributed by atoms with E-state index >= 15 is 0 Å². The third kappa shape index (κ3) is 2.75. The minimum absolute atomic E-state index is 0.351. The molecule has 0 aliphatic carbocycles. The van der Waals surface area contributed by atoms with Crippen molar-refractivity contribution in [1.29, 1.82) is 0 Å². The molecule has 0 saturated carbocycles. The first-order chi connectivity index (χ1) is 6.94. The fraction of sp³-hybridized carbons (Fsp3) is 0.364. The van der Waals surface area contributed by atoms with Gasteiger partial charge in [-0.05, 0) is 13.8 Å². The summed E-state index contributed by atoms with van der Waals surface area (Å²) in [5, 5.41) is 0. The average molecular weight is 214 g/mol. The Balaban J connectivity index is 2.88. The molecular formula is C11H12F2O2. The zero-order chi connectivity index (χ0) is 11.5. The van der Waals surface area contributed by atoms with E-state index in [2.05, 4.69) is 4.74 Å². The minimum Gasteiger partial charge on any atom is -0.458 e. The van der Waals surface area contributed by atoms with Gasteiger partial charge in [-0.25, -0.2) is 4.79 Å². The van der Waals surface area contributed by atoms with Crippen molar-refractivity contribution in [2.75, 3.05) is 0 Å². The number of hydrogen-bond acceptors (Lipinski definition) is 2. The summed E-state index contributed by atoms with van der Waals surface area (Å²) < 4.78 is 31.4. The van der Waals surface area contributed by atoms with Crippen molar-refractivity contribution < 1.29 is 18.3 Å². The molecule has 0 N–H and O–H groups in total. The summed E-state index contributed by atoms with van der Waals surface area (Å²) in [6, 6.07) is 6.90. The minimum atomic E-state index is -3.58. The largest absolute Gasteiger partial charge is 0.458 e. The number of ether oxygens (including phenoxy) is 1. The van der Waals surface area contributed by atoms with E-state index in [1.165, 1.54) is 38.1 Å². The zero-order valence-corrected chi connectivity index (χ0v) is 8.54. The second-order valence-electron chi connectivity index (χ2n) is 3.39. The lowest BCUT2D eigenvalue weighted by molar-refractivity contribution is -0.177. The average Bonchev–Trinajstić information content (AvgIpc) is 2.18. The molecule has 0 radical (unpaired) electrons. The van der Waals surface area contributed by atoms with Crippen molar-refractivity contribution in [2.24, 2.45) is 0 Å². The van der Waals surface area contributed by atoms with Crippen molar-refractivity contribution in [3.8, 4) is 0 Å². The van der Waals surface area contributed by atoms with Crippen LogP contribution >= 0.6 is 0 Å². The summed E-state index contributed by atoms with van der Waals surface area (Å²) in [4.78, 5) is 11.1. The second kappa shape index (κ2) is 4.38. The van der Waals surface area contributed by atoms with Gasteiger partial charge in [0, 0.05) is 5.56 Å². The first-order valence-electron chi connectivity index (χ1n) is 4.59. The lowest BCUT2D eigenvalue weighted by Crippen LogP contribution is -2.30. The fourth-order valence-corrected chi connectivity index (χ4v) is 1.05. The number of benzene rings is 1. The molecule has 82 valence electrons. The maximum absolute atomic E-state index is 13.4. The molecule has 15 heavy (non-hydrogen) atoms. The highest BCUT2D eigenvalue weighted by molar-refractivity contribution is 5.79. The van der Waals surface area contributed by atoms with E-state index in [0.29, 0.717) is 0 Å². The zero-order valence-electron chi connectivity index (χ0n) is 8.54. The standard InChI is InChI=1S/C11H12F2O2/c1-8(2)15-10(14)11(12,13)9-6-4-3-5-7-9/h3-8H,1-2H3. The van der Waals surface area contributed by atoms with Gasteiger partial charge in [0.15, 0.2) is 0 Å². The normalized spacial score (nSPS) is 11.5. The Kier molecular flexibility index (Phi) is 3.39. The number of rotatable bonds is 3. The number of alkyl halides is 2. The lowest BCUT2D eigenvalue weighted by Gasteiger charge is -2.16. The van der Waals surface area contributed by atoms with Gasteiger partial charge in [-0.15, -0.1) is 0 Å². The van der Waals surface area contributed by atoms with E-state index in [-0.39, 0.29) is 5.56 Å². The lowest BCUT2D eigenvalue weighted by atomic mass is 10.1. The van der Waals surface area contributed by atoms with E-state index in [0.717, 1.165) is 0 Å². The molecule has 0 spiro atoms. The predicted molar refractivity (Wildman–Crippen MR) is 51.6 cm³/mol. The quantitative estimate of drug-likeness (QED) is 0.723. The molecular weight excluding hydrogens is 202 g/mol. The van der Waals surface area contributed by atoms with E-state index in [9.17, 15) is 13.6 Å². The summed E-state index contributed by atoms with van der Waals surface area (Å²) in [6.07, 6.45) is -0.549. The molecule has 0 fully saturated rings. The molecule has 0 aliphatic rings. The fourth-order valence-electron chi connectivity index (χ4n) is 1.05. The molecule has 0 amide bonds. The third-order valence-corrected chi connectivity index (χ3v) is 1.74. The Hall–Kier alpha value is -1.45. The number of hydrogen-bond donors (Lipinski definition) is 0. The van der Waals surface area contributed by atoms with Gasteiger partial charge in [0.2, 0.25) is 0 Å². The maximum Gasteiger partial charge on any atom is 0.382 e. The van der Waals surface area contributed by atoms with Crippen molar-refractivity contribution in [3.63, 3.8) is 0 Å². The van der Waals surface area contributed by atoms with Crippen LogP contribution in [0.5, 0.6) is 0 Å². The number of carbonyl (C=O) groups excluding carboxylic acids is 1. The first-order valence-corrected chi connectivity index (χ1v) is 4.59. The Morgan fingerprint density at radius 1 is 1.27 bits per heavy atom. The molecule has 2 nitrogen and oxygen atoms in total. The van der Waals surface area contributed by atoms with Crippen molar-refractivity contribution >= 4 is 5.97 Å². The van der Waals surface area contributed by atoms with Crippen LogP contribution in [0, 0.1) is 0 Å². The highest BCUT2D eigenvalue weighted by Crippen LogP contribution is 2.29. The molecule has 1 aromatic carbocycles. The molecule has 0 saturated heterocycles. The molecule has 0 atom stereocenters. The van der Waals surface area contributed by atoms with Gasteiger partial charge < -0.3 is 4.74 Å². The van der Waals surface area contributed by atoms with Crippen LogP contribution in [0.4, 0.5) is 8.78 Å². The van der Waals surface area contributed by atoms with E-state index < -0.39 is 18.0 Å². The van der Waals surface area contributed by atoms with Crippen LogP contribution < -0.4 is 0 Å². The van der Waals surface area contributed by atoms with Gasteiger partial charge in [0.05, 0.1) is 6.10 Å². The van der Waals surface area contributed by atoms with Gasteiger partial charge in [-0.2, -0.15) is 8.78 Å². The Morgan fingerprint density at radius 3 is 2.27 bits per heavy atom. The van der Waals surface area contributed by atoms with Crippen LogP contribution in [0.15, 0.2) is 30.3 Å². The molecule has 1 aromatic rings. The Morgan fingerprint density at radius 2 is 1.80 bits per heavy atom. The van der Waals surface area contributed by atoms with Crippen LogP contribution in [0.25, 0.3) is 0 Å². The van der Waals surface area contributed by atoms with Gasteiger partial charge >= 0.3 is 11.9 Å². The topological polar surface area (TPSA) is 26.3 Å². The Labute approximate surface area is 86.9 Å². The third-order valence-electron chi connectivity index (χ3n) is 1.74. The van der Waals surface area contributed by atoms with E-state index in [4.69, 9.17) is 0 Å². The SMILES string of the molecule is CC(C)OC(=O)C(F)(F)c1ccccc1. The van der Waals surface area contributed by atoms with Crippen LogP contribution in [0.2, 0.25) is 0 Å². The second-order valence-corrected chi connectivity index (χ2v) is 3.39. The van der Waals surface area contributed by atoms with Crippen LogP contribution in [-0.2, 0) is 15.5 Å². The predicted octanol–water partition coefficient (Wildman–Crippen LogP) is 2.73. The highest BCUT2D eigenvalue weighted by atomic mass is 19.3. The molecule has 0 unspecified atom stereocenters. The van der Waals surface area contributed by atoms with Crippen molar-refractivity contribution in [2.45, 2.75) is 25.9 Å². The van der Waals surface area contributed by atoms with Crippen LogP contribution in [0.3, 0.4) is 0 Å². The summed E-state index contributed by atoms with van der Waals surface area (Å²) in [5.74, 6) is -5.09. The molecule has 0 aliphatic heterocycles. The Bertz CT molecular complexity index is 334. The summed E-state index contributed by atoms with van der Waals surface area (Å²) in [5.41, 5.74) is -0.351. The van der Waals surface area contributed by atoms with Gasteiger partial charge in [0.1, 0.15) is 0 Å². The number of esters is 1. The van der Waals surface area contributed by atoms with Crippen molar-refractivity contribution in [1.82, 2.24) is 0 Å². The van der Waals surface area contributed by atoms with Crippen LogP contribution in [0.1, 0.15) is 19.4 Å². The monoisotopic (exact) mass is 214 g/mol. The van der Waals surface area contributed by atoms with Gasteiger partial charge in [0.25, 0.3) is 0 Å².